The van der Waals surface area contributed by atoms with Crippen molar-refractivity contribution in [2.75, 3.05) is 11.9 Å². The smallest absolute Gasteiger partial charge is 0.341 e. The van der Waals surface area contributed by atoms with E-state index >= 15 is 0 Å². The molecule has 1 atom stereocenters. The second kappa shape index (κ2) is 5.79. The molecule has 21 heavy (non-hydrogen) atoms. The van der Waals surface area contributed by atoms with E-state index in [1.54, 1.807) is 11.3 Å². The van der Waals surface area contributed by atoms with Gasteiger partial charge in [-0.2, -0.15) is 0 Å². The number of esters is 1. The number of ether oxygens (including phenoxy) is 1. The van der Waals surface area contributed by atoms with Crippen LogP contribution in [0, 0.1) is 5.92 Å². The predicted molar refractivity (Wildman–Crippen MR) is 83.0 cm³/mol. The summed E-state index contributed by atoms with van der Waals surface area (Å²) in [5.74, 6) is 0.245. The van der Waals surface area contributed by atoms with Crippen LogP contribution < -0.4 is 5.32 Å². The minimum Gasteiger partial charge on any atom is -0.462 e. The molecule has 1 N–H and O–H groups in total. The van der Waals surface area contributed by atoms with Gasteiger partial charge in [0.2, 0.25) is 5.91 Å². The van der Waals surface area contributed by atoms with Crippen molar-refractivity contribution in [3.8, 4) is 0 Å². The Morgan fingerprint density at radius 1 is 1.33 bits per heavy atom. The Balaban J connectivity index is 1.97. The maximum absolute atomic E-state index is 12.3. The van der Waals surface area contributed by atoms with Gasteiger partial charge in [-0.15, -0.1) is 11.3 Å². The molecule has 0 radical (unpaired) electrons. The molecule has 114 valence electrons. The fraction of sp³-hybridized carbons (Fsp3) is 0.625. The quantitative estimate of drug-likeness (QED) is 0.863. The van der Waals surface area contributed by atoms with Crippen LogP contribution in [0.25, 0.3) is 0 Å². The molecule has 1 amide bonds. The molecule has 0 bridgehead atoms. The molecule has 0 unspecified atom stereocenters. The fourth-order valence-corrected chi connectivity index (χ4v) is 4.32. The molecular formula is C16H21NO3S. The standard InChI is InChI=1S/C16H21NO3S/c1-3-20-16(19)13-12-9(2)5-4-6-11(12)21-15(13)17-14(18)10-7-8-10/h9-10H,3-8H2,1-2H3,(H,17,18)/t9-/m0/s1. The van der Waals surface area contributed by atoms with Crippen LogP contribution in [-0.4, -0.2) is 18.5 Å². The molecule has 2 aliphatic carbocycles. The highest BCUT2D eigenvalue weighted by molar-refractivity contribution is 7.17. The Labute approximate surface area is 128 Å². The molecule has 5 heteroatoms. The van der Waals surface area contributed by atoms with Gasteiger partial charge in [-0.1, -0.05) is 6.92 Å². The normalized spacial score (nSPS) is 20.8. The fourth-order valence-electron chi connectivity index (χ4n) is 2.96. The number of rotatable bonds is 4. The summed E-state index contributed by atoms with van der Waals surface area (Å²) in [6.07, 6.45) is 5.15. The third-order valence-electron chi connectivity index (χ3n) is 4.22. The number of aryl methyl sites for hydroxylation is 1. The summed E-state index contributed by atoms with van der Waals surface area (Å²) in [6.45, 7) is 4.32. The lowest BCUT2D eigenvalue weighted by Crippen LogP contribution is -2.17. The van der Waals surface area contributed by atoms with E-state index in [4.69, 9.17) is 4.74 Å². The van der Waals surface area contributed by atoms with Crippen molar-refractivity contribution in [2.24, 2.45) is 5.92 Å². The van der Waals surface area contributed by atoms with E-state index in [-0.39, 0.29) is 17.8 Å². The Hall–Kier alpha value is -1.36. The summed E-state index contributed by atoms with van der Waals surface area (Å²) in [6, 6.07) is 0. The minimum absolute atomic E-state index is 0.0480. The maximum atomic E-state index is 12.3. The third kappa shape index (κ3) is 2.84. The van der Waals surface area contributed by atoms with Crippen molar-refractivity contribution in [1.29, 1.82) is 0 Å². The zero-order valence-corrected chi connectivity index (χ0v) is 13.3. The van der Waals surface area contributed by atoms with E-state index in [1.165, 1.54) is 4.88 Å². The Morgan fingerprint density at radius 2 is 2.10 bits per heavy atom. The molecule has 1 saturated carbocycles. The molecule has 4 nitrogen and oxygen atoms in total. The first kappa shape index (κ1) is 14.6. The lowest BCUT2D eigenvalue weighted by Gasteiger charge is -2.19. The SMILES string of the molecule is CCOC(=O)c1c(NC(=O)C2CC2)sc2c1[C@@H](C)CCC2. The number of carbonyl (C=O) groups excluding carboxylic acids is 2. The number of amides is 1. The molecule has 0 saturated heterocycles. The van der Waals surface area contributed by atoms with Gasteiger partial charge in [0.1, 0.15) is 5.00 Å². The number of hydrogen-bond acceptors (Lipinski definition) is 4. The maximum Gasteiger partial charge on any atom is 0.341 e. The second-order valence-electron chi connectivity index (χ2n) is 5.92. The van der Waals surface area contributed by atoms with Crippen molar-refractivity contribution in [2.45, 2.75) is 51.9 Å². The molecule has 0 aromatic carbocycles. The van der Waals surface area contributed by atoms with Gasteiger partial charge in [0.25, 0.3) is 0 Å². The van der Waals surface area contributed by atoms with Gasteiger partial charge < -0.3 is 10.1 Å². The van der Waals surface area contributed by atoms with Crippen LogP contribution in [0.15, 0.2) is 0 Å². The van der Waals surface area contributed by atoms with Gasteiger partial charge in [0, 0.05) is 10.8 Å². The minimum atomic E-state index is -0.296. The Morgan fingerprint density at radius 3 is 2.76 bits per heavy atom. The largest absolute Gasteiger partial charge is 0.462 e. The van der Waals surface area contributed by atoms with Crippen molar-refractivity contribution in [3.05, 3.63) is 16.0 Å². The average Bonchev–Trinajstić information content (AvgIpc) is 3.22. The molecule has 2 aliphatic rings. The summed E-state index contributed by atoms with van der Waals surface area (Å²) in [5, 5.41) is 3.67. The summed E-state index contributed by atoms with van der Waals surface area (Å²) >= 11 is 1.56. The molecule has 0 aliphatic heterocycles. The average molecular weight is 307 g/mol. The Kier molecular flexibility index (Phi) is 4.02. The highest BCUT2D eigenvalue weighted by atomic mass is 32.1. The van der Waals surface area contributed by atoms with Gasteiger partial charge in [-0.3, -0.25) is 4.79 Å². The van der Waals surface area contributed by atoms with Gasteiger partial charge in [-0.25, -0.2) is 4.79 Å². The first-order valence-electron chi connectivity index (χ1n) is 7.75. The number of nitrogens with one attached hydrogen (secondary N) is 1. The van der Waals surface area contributed by atoms with Crippen LogP contribution in [0.5, 0.6) is 0 Å². The van der Waals surface area contributed by atoms with Crippen molar-refractivity contribution in [3.63, 3.8) is 0 Å². The van der Waals surface area contributed by atoms with Crippen LogP contribution in [-0.2, 0) is 16.0 Å². The molecule has 3 rings (SSSR count). The van der Waals surface area contributed by atoms with Crippen LogP contribution in [0.2, 0.25) is 0 Å². The van der Waals surface area contributed by atoms with Crippen molar-refractivity contribution < 1.29 is 14.3 Å². The topological polar surface area (TPSA) is 55.4 Å². The zero-order chi connectivity index (χ0) is 15.0. The number of carbonyl (C=O) groups is 2. The number of anilines is 1. The lowest BCUT2D eigenvalue weighted by atomic mass is 9.86. The highest BCUT2D eigenvalue weighted by Crippen LogP contribution is 2.44. The first-order chi connectivity index (χ1) is 10.1. The van der Waals surface area contributed by atoms with Crippen molar-refractivity contribution in [1.82, 2.24) is 0 Å². The van der Waals surface area contributed by atoms with Crippen LogP contribution in [0.4, 0.5) is 5.00 Å². The lowest BCUT2D eigenvalue weighted by molar-refractivity contribution is -0.117. The van der Waals surface area contributed by atoms with Crippen LogP contribution in [0.1, 0.15) is 66.2 Å². The van der Waals surface area contributed by atoms with E-state index in [0.29, 0.717) is 23.1 Å². The van der Waals surface area contributed by atoms with Crippen LogP contribution in [0.3, 0.4) is 0 Å². The highest BCUT2D eigenvalue weighted by Gasteiger charge is 2.34. The van der Waals surface area contributed by atoms with Gasteiger partial charge >= 0.3 is 5.97 Å². The Bertz CT molecular complexity index is 574. The van der Waals surface area contributed by atoms with Gasteiger partial charge in [0.15, 0.2) is 0 Å². The predicted octanol–water partition coefficient (Wildman–Crippen LogP) is 3.71. The van der Waals surface area contributed by atoms with Crippen molar-refractivity contribution >= 4 is 28.2 Å². The van der Waals surface area contributed by atoms with E-state index in [9.17, 15) is 9.59 Å². The van der Waals surface area contributed by atoms with Gasteiger partial charge in [-0.05, 0) is 50.5 Å². The van der Waals surface area contributed by atoms with Gasteiger partial charge in [0.05, 0.1) is 12.2 Å². The molecule has 1 aromatic rings. The summed E-state index contributed by atoms with van der Waals surface area (Å²) < 4.78 is 5.22. The molecular weight excluding hydrogens is 286 g/mol. The molecule has 1 fully saturated rings. The molecule has 1 aromatic heterocycles. The molecule has 0 spiro atoms. The first-order valence-corrected chi connectivity index (χ1v) is 8.57. The summed E-state index contributed by atoms with van der Waals surface area (Å²) in [5.41, 5.74) is 1.72. The third-order valence-corrected chi connectivity index (χ3v) is 5.40. The monoisotopic (exact) mass is 307 g/mol. The van der Waals surface area contributed by atoms with E-state index in [1.807, 2.05) is 6.92 Å². The second-order valence-corrected chi connectivity index (χ2v) is 7.03. The van der Waals surface area contributed by atoms with E-state index in [2.05, 4.69) is 12.2 Å². The number of hydrogen-bond donors (Lipinski definition) is 1. The van der Waals surface area contributed by atoms with E-state index < -0.39 is 0 Å². The summed E-state index contributed by atoms with van der Waals surface area (Å²) in [4.78, 5) is 25.6. The summed E-state index contributed by atoms with van der Waals surface area (Å²) in [7, 11) is 0. The molecule has 1 heterocycles. The van der Waals surface area contributed by atoms with E-state index in [0.717, 1.165) is 37.7 Å². The zero-order valence-electron chi connectivity index (χ0n) is 12.5. The number of fused-ring (bicyclic) bond motifs is 1. The number of thiophene rings is 1. The van der Waals surface area contributed by atoms with Crippen LogP contribution >= 0.6 is 11.3 Å².